The summed E-state index contributed by atoms with van der Waals surface area (Å²) >= 11 is 0. The minimum Gasteiger partial charge on any atom is -0.492 e. The van der Waals surface area contributed by atoms with Gasteiger partial charge in [-0.25, -0.2) is 4.79 Å². The van der Waals surface area contributed by atoms with Gasteiger partial charge in [0.2, 0.25) is 0 Å². The summed E-state index contributed by atoms with van der Waals surface area (Å²) < 4.78 is 10.9. The number of piperazine rings is 1. The maximum atomic E-state index is 11.5. The van der Waals surface area contributed by atoms with Crippen molar-refractivity contribution in [2.24, 2.45) is 0 Å². The predicted molar refractivity (Wildman–Crippen MR) is 94.5 cm³/mol. The first kappa shape index (κ1) is 18.5. The second-order valence-electron chi connectivity index (χ2n) is 6.23. The first-order valence-corrected chi connectivity index (χ1v) is 8.46. The predicted octanol–water partition coefficient (Wildman–Crippen LogP) is 2.25. The molecule has 1 aliphatic rings. The smallest absolute Gasteiger partial charge is 0.339 e. The molecule has 0 bridgehead atoms. The lowest BCUT2D eigenvalue weighted by atomic mass is 10.1. The Bertz CT molecular complexity index is 554. The number of likely N-dealkylation sites (N-methyl/N-ethyl adjacent to an activating group) is 1. The van der Waals surface area contributed by atoms with E-state index in [0.29, 0.717) is 19.0 Å². The van der Waals surface area contributed by atoms with Crippen molar-refractivity contribution in [1.82, 2.24) is 4.90 Å². The Kier molecular flexibility index (Phi) is 6.87. The molecular formula is C18H28N2O4. The van der Waals surface area contributed by atoms with E-state index in [1.54, 1.807) is 13.2 Å². The number of benzene rings is 1. The average molecular weight is 336 g/mol. The first-order valence-electron chi connectivity index (χ1n) is 8.46. The molecule has 1 aromatic carbocycles. The third kappa shape index (κ3) is 4.61. The van der Waals surface area contributed by atoms with Crippen molar-refractivity contribution in [1.29, 1.82) is 0 Å². The van der Waals surface area contributed by atoms with Gasteiger partial charge in [0, 0.05) is 51.1 Å². The molecule has 134 valence electrons. The Morgan fingerprint density at radius 3 is 2.46 bits per heavy atom. The van der Waals surface area contributed by atoms with Gasteiger partial charge in [-0.2, -0.15) is 0 Å². The van der Waals surface area contributed by atoms with E-state index in [2.05, 4.69) is 16.8 Å². The van der Waals surface area contributed by atoms with E-state index in [-0.39, 0.29) is 5.56 Å². The molecule has 0 unspecified atom stereocenters. The van der Waals surface area contributed by atoms with Gasteiger partial charge in [-0.1, -0.05) is 0 Å². The fourth-order valence-corrected chi connectivity index (χ4v) is 2.95. The van der Waals surface area contributed by atoms with Crippen LogP contribution in [0, 0.1) is 6.92 Å². The lowest BCUT2D eigenvalue weighted by Crippen LogP contribution is -2.44. The minimum atomic E-state index is -0.949. The molecule has 6 heteroatoms. The van der Waals surface area contributed by atoms with Crippen LogP contribution in [0.2, 0.25) is 0 Å². The fourth-order valence-electron chi connectivity index (χ4n) is 2.95. The number of hydrogen-bond donors (Lipinski definition) is 1. The number of carboxylic acids is 1. The molecule has 0 amide bonds. The van der Waals surface area contributed by atoms with Crippen LogP contribution in [0.25, 0.3) is 0 Å². The highest BCUT2D eigenvalue weighted by Gasteiger charge is 2.21. The van der Waals surface area contributed by atoms with Gasteiger partial charge in [0.05, 0.1) is 6.61 Å². The Labute approximate surface area is 144 Å². The number of ether oxygens (including phenoxy) is 2. The van der Waals surface area contributed by atoms with Crippen LogP contribution in [-0.4, -0.2) is 69.5 Å². The third-order valence-electron chi connectivity index (χ3n) is 4.44. The molecule has 2 rings (SSSR count). The Hall–Kier alpha value is -1.79. The van der Waals surface area contributed by atoms with E-state index >= 15 is 0 Å². The highest BCUT2D eigenvalue weighted by atomic mass is 16.5. The average Bonchev–Trinajstić information content (AvgIpc) is 2.56. The van der Waals surface area contributed by atoms with Crippen LogP contribution in [-0.2, 0) is 4.74 Å². The van der Waals surface area contributed by atoms with E-state index in [9.17, 15) is 9.90 Å². The summed E-state index contributed by atoms with van der Waals surface area (Å²) in [6.07, 6.45) is 1.74. The lowest BCUT2D eigenvalue weighted by molar-refractivity contribution is 0.0691. The summed E-state index contributed by atoms with van der Waals surface area (Å²) in [5.41, 5.74) is 2.21. The van der Waals surface area contributed by atoms with E-state index in [0.717, 1.165) is 50.3 Å². The van der Waals surface area contributed by atoms with E-state index < -0.39 is 5.97 Å². The van der Waals surface area contributed by atoms with Crippen molar-refractivity contribution in [2.75, 3.05) is 58.5 Å². The molecule has 0 saturated carbocycles. The molecule has 6 nitrogen and oxygen atoms in total. The quantitative estimate of drug-likeness (QED) is 0.735. The monoisotopic (exact) mass is 336 g/mol. The molecule has 0 spiro atoms. The lowest BCUT2D eigenvalue weighted by Gasteiger charge is -2.35. The van der Waals surface area contributed by atoms with Crippen molar-refractivity contribution in [3.05, 3.63) is 23.3 Å². The third-order valence-corrected chi connectivity index (χ3v) is 4.44. The zero-order valence-corrected chi connectivity index (χ0v) is 14.9. The van der Waals surface area contributed by atoms with Gasteiger partial charge in [-0.05, 0) is 38.9 Å². The molecule has 1 N–H and O–H groups in total. The number of aromatic carboxylic acids is 1. The maximum absolute atomic E-state index is 11.5. The highest BCUT2D eigenvalue weighted by Crippen LogP contribution is 2.33. The van der Waals surface area contributed by atoms with Crippen LogP contribution in [0.1, 0.15) is 28.8 Å². The van der Waals surface area contributed by atoms with Crippen molar-refractivity contribution < 1.29 is 19.4 Å². The summed E-state index contributed by atoms with van der Waals surface area (Å²) in [7, 11) is 3.79. The van der Waals surface area contributed by atoms with Gasteiger partial charge >= 0.3 is 5.97 Å². The second kappa shape index (κ2) is 8.89. The summed E-state index contributed by atoms with van der Waals surface area (Å²) in [4.78, 5) is 16.1. The topological polar surface area (TPSA) is 62.2 Å². The molecule has 1 saturated heterocycles. The van der Waals surface area contributed by atoms with Crippen molar-refractivity contribution in [3.63, 3.8) is 0 Å². The molecule has 1 aliphatic heterocycles. The number of hydrogen-bond acceptors (Lipinski definition) is 5. The van der Waals surface area contributed by atoms with Crippen LogP contribution < -0.4 is 9.64 Å². The van der Waals surface area contributed by atoms with Crippen molar-refractivity contribution >= 4 is 11.7 Å². The van der Waals surface area contributed by atoms with Crippen LogP contribution >= 0.6 is 0 Å². The summed E-state index contributed by atoms with van der Waals surface area (Å²) in [5, 5.41) is 9.45. The highest BCUT2D eigenvalue weighted by molar-refractivity contribution is 5.92. The van der Waals surface area contributed by atoms with E-state index in [1.807, 2.05) is 13.0 Å². The number of unbranched alkanes of at least 4 members (excludes halogenated alkanes) is 1. The largest absolute Gasteiger partial charge is 0.492 e. The standard InChI is InChI=1S/C18H28N2O4/c1-14-16(20-10-8-19(2)9-11-20)7-6-15(18(21)22)17(14)24-13-5-4-12-23-3/h6-7H,4-5,8-13H2,1-3H3,(H,21,22). The van der Waals surface area contributed by atoms with Crippen LogP contribution in [0.4, 0.5) is 5.69 Å². The van der Waals surface area contributed by atoms with Crippen LogP contribution in [0.3, 0.4) is 0 Å². The van der Waals surface area contributed by atoms with Crippen LogP contribution in [0.5, 0.6) is 5.75 Å². The minimum absolute atomic E-state index is 0.233. The normalized spacial score (nSPS) is 15.5. The van der Waals surface area contributed by atoms with E-state index in [4.69, 9.17) is 9.47 Å². The zero-order valence-electron chi connectivity index (χ0n) is 14.9. The SMILES string of the molecule is COCCCCOc1c(C(=O)O)ccc(N2CCN(C)CC2)c1C. The number of nitrogens with zero attached hydrogens (tertiary/aromatic N) is 2. The number of rotatable bonds is 8. The summed E-state index contributed by atoms with van der Waals surface area (Å²) in [5.74, 6) is -0.453. The number of methoxy groups -OCH3 is 1. The Morgan fingerprint density at radius 2 is 1.83 bits per heavy atom. The van der Waals surface area contributed by atoms with Gasteiger partial charge in [0.1, 0.15) is 11.3 Å². The number of carboxylic acid groups (broad SMARTS) is 1. The van der Waals surface area contributed by atoms with Gasteiger partial charge in [-0.15, -0.1) is 0 Å². The van der Waals surface area contributed by atoms with Crippen molar-refractivity contribution in [3.8, 4) is 5.75 Å². The molecule has 0 aliphatic carbocycles. The van der Waals surface area contributed by atoms with Gasteiger partial charge < -0.3 is 24.4 Å². The Balaban J connectivity index is 2.15. The summed E-state index contributed by atoms with van der Waals surface area (Å²) in [6.45, 7) is 7.03. The van der Waals surface area contributed by atoms with Crippen molar-refractivity contribution in [2.45, 2.75) is 19.8 Å². The molecule has 1 aromatic rings. The molecule has 24 heavy (non-hydrogen) atoms. The second-order valence-corrected chi connectivity index (χ2v) is 6.23. The fraction of sp³-hybridized carbons (Fsp3) is 0.611. The number of anilines is 1. The maximum Gasteiger partial charge on any atom is 0.339 e. The zero-order chi connectivity index (χ0) is 17.5. The molecule has 1 heterocycles. The molecule has 0 aromatic heterocycles. The first-order chi connectivity index (χ1) is 11.5. The Morgan fingerprint density at radius 1 is 1.17 bits per heavy atom. The van der Waals surface area contributed by atoms with E-state index in [1.165, 1.54) is 0 Å². The van der Waals surface area contributed by atoms with Gasteiger partial charge in [0.25, 0.3) is 0 Å². The summed E-state index contributed by atoms with van der Waals surface area (Å²) in [6, 6.07) is 3.56. The molecule has 0 atom stereocenters. The van der Waals surface area contributed by atoms with Gasteiger partial charge in [0.15, 0.2) is 0 Å². The van der Waals surface area contributed by atoms with Gasteiger partial charge in [-0.3, -0.25) is 0 Å². The molecule has 0 radical (unpaired) electrons. The number of carbonyl (C=O) groups is 1. The molecule has 1 fully saturated rings. The molecular weight excluding hydrogens is 308 g/mol. The van der Waals surface area contributed by atoms with Crippen LogP contribution in [0.15, 0.2) is 12.1 Å².